The second-order valence-electron chi connectivity index (χ2n) is 4.47. The van der Waals surface area contributed by atoms with E-state index < -0.39 is 0 Å². The molecule has 0 saturated carbocycles. The molecule has 1 heteroatoms. The van der Waals surface area contributed by atoms with Gasteiger partial charge in [0.1, 0.15) is 0 Å². The topological polar surface area (TPSA) is 20.2 Å². The van der Waals surface area contributed by atoms with Crippen molar-refractivity contribution < 1.29 is 5.11 Å². The van der Waals surface area contributed by atoms with Crippen LogP contribution in [0.25, 0.3) is 0 Å². The lowest BCUT2D eigenvalue weighted by atomic mass is 9.74. The van der Waals surface area contributed by atoms with E-state index in [0.29, 0.717) is 5.92 Å². The fraction of sp³-hybridized carbons (Fsp3) is 0.500. The quantitative estimate of drug-likeness (QED) is 0.654. The van der Waals surface area contributed by atoms with Crippen LogP contribution >= 0.6 is 0 Å². The van der Waals surface area contributed by atoms with Crippen LogP contribution in [0.15, 0.2) is 36.0 Å². The van der Waals surface area contributed by atoms with Crippen LogP contribution < -0.4 is 0 Å². The third-order valence-corrected chi connectivity index (χ3v) is 2.32. The first-order valence-corrected chi connectivity index (χ1v) is 4.71. The summed E-state index contributed by atoms with van der Waals surface area (Å²) in [5.74, 6) is 0.421. The Bertz CT molecular complexity index is 251. The summed E-state index contributed by atoms with van der Waals surface area (Å²) in [6.45, 7) is 6.77. The molecule has 0 aromatic carbocycles. The number of hydrogen-bond donors (Lipinski definition) is 1. The third kappa shape index (κ3) is 2.56. The van der Waals surface area contributed by atoms with E-state index in [1.807, 2.05) is 12.2 Å². The Balaban J connectivity index is 2.89. The highest BCUT2D eigenvalue weighted by molar-refractivity contribution is 5.34. The first kappa shape index (κ1) is 10.3. The molecular weight excluding hydrogens is 160 g/mol. The fourth-order valence-electron chi connectivity index (χ4n) is 1.65. The van der Waals surface area contributed by atoms with Crippen molar-refractivity contribution in [2.75, 3.05) is 6.61 Å². The molecule has 0 aromatic heterocycles. The summed E-state index contributed by atoms with van der Waals surface area (Å²) in [5, 5.41) is 8.87. The van der Waals surface area contributed by atoms with Crippen molar-refractivity contribution in [3.05, 3.63) is 36.0 Å². The van der Waals surface area contributed by atoms with E-state index in [4.69, 9.17) is 5.11 Å². The van der Waals surface area contributed by atoms with Crippen LogP contribution in [0.3, 0.4) is 0 Å². The Morgan fingerprint density at radius 3 is 2.62 bits per heavy atom. The number of hydrogen-bond acceptors (Lipinski definition) is 1. The van der Waals surface area contributed by atoms with E-state index in [0.717, 1.165) is 0 Å². The average Bonchev–Trinajstić information content (AvgIpc) is 2.04. The smallest absolute Gasteiger partial charge is 0.0618 e. The lowest BCUT2D eigenvalue weighted by Gasteiger charge is -2.30. The minimum Gasteiger partial charge on any atom is -0.392 e. The molecule has 0 aromatic rings. The molecule has 0 amide bonds. The standard InChI is InChI=1S/C12H18O/c1-12(2,3)11-7-5-4-6-10(11)8-9-13/h4-8,11,13H,9H2,1-3H3. The summed E-state index contributed by atoms with van der Waals surface area (Å²) in [6, 6.07) is 0. The van der Waals surface area contributed by atoms with Gasteiger partial charge in [-0.2, -0.15) is 0 Å². The van der Waals surface area contributed by atoms with Crippen molar-refractivity contribution in [3.63, 3.8) is 0 Å². The van der Waals surface area contributed by atoms with Gasteiger partial charge in [-0.15, -0.1) is 0 Å². The van der Waals surface area contributed by atoms with E-state index in [9.17, 15) is 0 Å². The van der Waals surface area contributed by atoms with Crippen LogP contribution in [-0.2, 0) is 0 Å². The van der Waals surface area contributed by atoms with Gasteiger partial charge in [-0.25, -0.2) is 0 Å². The van der Waals surface area contributed by atoms with E-state index in [2.05, 4.69) is 39.0 Å². The maximum atomic E-state index is 8.87. The zero-order chi connectivity index (χ0) is 9.90. The summed E-state index contributed by atoms with van der Waals surface area (Å²) in [5.41, 5.74) is 1.44. The van der Waals surface area contributed by atoms with Crippen LogP contribution in [0.5, 0.6) is 0 Å². The molecule has 0 bridgehead atoms. The maximum Gasteiger partial charge on any atom is 0.0618 e. The molecule has 1 N–H and O–H groups in total. The second kappa shape index (κ2) is 3.93. The monoisotopic (exact) mass is 178 g/mol. The Labute approximate surface area is 80.5 Å². The molecule has 1 aliphatic rings. The Morgan fingerprint density at radius 2 is 2.08 bits per heavy atom. The number of allylic oxidation sites excluding steroid dienone is 5. The van der Waals surface area contributed by atoms with Gasteiger partial charge in [0.05, 0.1) is 6.61 Å². The van der Waals surface area contributed by atoms with E-state index >= 15 is 0 Å². The van der Waals surface area contributed by atoms with Crippen molar-refractivity contribution in [1.29, 1.82) is 0 Å². The molecule has 1 rings (SSSR count). The highest BCUT2D eigenvalue weighted by Crippen LogP contribution is 2.35. The van der Waals surface area contributed by atoms with Crippen molar-refractivity contribution in [2.24, 2.45) is 11.3 Å². The highest BCUT2D eigenvalue weighted by atomic mass is 16.2. The van der Waals surface area contributed by atoms with Crippen molar-refractivity contribution >= 4 is 0 Å². The van der Waals surface area contributed by atoms with E-state index in [-0.39, 0.29) is 12.0 Å². The largest absolute Gasteiger partial charge is 0.392 e. The van der Waals surface area contributed by atoms with Crippen LogP contribution in [0, 0.1) is 11.3 Å². The van der Waals surface area contributed by atoms with Crippen molar-refractivity contribution in [1.82, 2.24) is 0 Å². The summed E-state index contributed by atoms with van der Waals surface area (Å²) >= 11 is 0. The first-order chi connectivity index (χ1) is 6.05. The van der Waals surface area contributed by atoms with Gasteiger partial charge in [0.25, 0.3) is 0 Å². The van der Waals surface area contributed by atoms with Crippen molar-refractivity contribution in [3.8, 4) is 0 Å². The number of aliphatic hydroxyl groups is 1. The molecule has 0 spiro atoms. The third-order valence-electron chi connectivity index (χ3n) is 2.32. The molecule has 0 saturated heterocycles. The molecular formula is C12H18O. The normalized spacial score (nSPS) is 25.5. The lowest BCUT2D eigenvalue weighted by Crippen LogP contribution is -2.21. The predicted octanol–water partition coefficient (Wildman–Crippen LogP) is 2.69. The van der Waals surface area contributed by atoms with Gasteiger partial charge in [0.2, 0.25) is 0 Å². The van der Waals surface area contributed by atoms with Gasteiger partial charge in [-0.3, -0.25) is 0 Å². The molecule has 1 nitrogen and oxygen atoms in total. The molecule has 0 fully saturated rings. The van der Waals surface area contributed by atoms with Gasteiger partial charge in [-0.05, 0) is 11.0 Å². The molecule has 72 valence electrons. The fourth-order valence-corrected chi connectivity index (χ4v) is 1.65. The Hall–Kier alpha value is -0.820. The second-order valence-corrected chi connectivity index (χ2v) is 4.47. The molecule has 1 aliphatic carbocycles. The van der Waals surface area contributed by atoms with Gasteiger partial charge in [-0.1, -0.05) is 51.2 Å². The molecule has 1 unspecified atom stereocenters. The van der Waals surface area contributed by atoms with Crippen LogP contribution in [0.1, 0.15) is 20.8 Å². The molecule has 0 aliphatic heterocycles. The Morgan fingerprint density at radius 1 is 1.38 bits per heavy atom. The minimum atomic E-state index is 0.125. The molecule has 0 heterocycles. The van der Waals surface area contributed by atoms with Crippen molar-refractivity contribution in [2.45, 2.75) is 20.8 Å². The Kier molecular flexibility index (Phi) is 3.10. The summed E-state index contributed by atoms with van der Waals surface area (Å²) in [4.78, 5) is 0. The van der Waals surface area contributed by atoms with E-state index in [1.54, 1.807) is 0 Å². The maximum absolute atomic E-state index is 8.87. The number of aliphatic hydroxyl groups excluding tert-OH is 1. The minimum absolute atomic E-state index is 0.125. The van der Waals surface area contributed by atoms with Crippen LogP contribution in [0.4, 0.5) is 0 Å². The lowest BCUT2D eigenvalue weighted by molar-refractivity contribution is 0.321. The van der Waals surface area contributed by atoms with Crippen LogP contribution in [-0.4, -0.2) is 11.7 Å². The SMILES string of the molecule is CC(C)(C)C1C=CC=CC1=CCO. The first-order valence-electron chi connectivity index (χ1n) is 4.71. The zero-order valence-electron chi connectivity index (χ0n) is 8.62. The van der Waals surface area contributed by atoms with E-state index in [1.165, 1.54) is 5.57 Å². The van der Waals surface area contributed by atoms with Gasteiger partial charge < -0.3 is 5.11 Å². The zero-order valence-corrected chi connectivity index (χ0v) is 8.62. The van der Waals surface area contributed by atoms with Gasteiger partial charge >= 0.3 is 0 Å². The molecule has 1 atom stereocenters. The van der Waals surface area contributed by atoms with Gasteiger partial charge in [0.15, 0.2) is 0 Å². The number of rotatable bonds is 1. The summed E-state index contributed by atoms with van der Waals surface area (Å²) in [7, 11) is 0. The average molecular weight is 178 g/mol. The van der Waals surface area contributed by atoms with Gasteiger partial charge in [0, 0.05) is 5.92 Å². The molecule has 13 heavy (non-hydrogen) atoms. The predicted molar refractivity (Wildman–Crippen MR) is 56.4 cm³/mol. The molecule has 0 radical (unpaired) electrons. The summed E-state index contributed by atoms with van der Waals surface area (Å²) in [6.07, 6.45) is 10.2. The van der Waals surface area contributed by atoms with Crippen LogP contribution in [0.2, 0.25) is 0 Å². The summed E-state index contributed by atoms with van der Waals surface area (Å²) < 4.78 is 0. The highest BCUT2D eigenvalue weighted by Gasteiger charge is 2.25.